The Bertz CT molecular complexity index is 796. The molecular formula is C22H27ClN4O. The van der Waals surface area contributed by atoms with E-state index in [0.717, 1.165) is 13.1 Å². The number of rotatable bonds is 3. The fraction of sp³-hybridized carbons (Fsp3) is 0.409. The lowest BCUT2D eigenvalue weighted by atomic mass is 10.1. The van der Waals surface area contributed by atoms with Gasteiger partial charge in [-0.15, -0.1) is 0 Å². The molecule has 4 rings (SSSR count). The lowest BCUT2D eigenvalue weighted by molar-refractivity contribution is 0.208. The molecule has 2 heterocycles. The summed E-state index contributed by atoms with van der Waals surface area (Å²) in [7, 11) is 0. The molecule has 0 aliphatic carbocycles. The molecule has 0 saturated carbocycles. The van der Waals surface area contributed by atoms with Crippen LogP contribution >= 0.6 is 11.6 Å². The molecule has 148 valence electrons. The SMILES string of the molecule is O=C(Nc1ccccc1Cl)N1CCN(c2ccc(N3CCCCC3)cc2)CC1. The summed E-state index contributed by atoms with van der Waals surface area (Å²) < 4.78 is 0. The first-order valence-electron chi connectivity index (χ1n) is 10.1. The molecule has 0 aromatic heterocycles. The third kappa shape index (κ3) is 4.36. The minimum absolute atomic E-state index is 0.0896. The fourth-order valence-corrected chi connectivity index (χ4v) is 4.13. The summed E-state index contributed by atoms with van der Waals surface area (Å²) in [5, 5.41) is 3.47. The van der Waals surface area contributed by atoms with Crippen molar-refractivity contribution in [3.05, 3.63) is 53.6 Å². The van der Waals surface area contributed by atoms with Crippen LogP contribution in [0.3, 0.4) is 0 Å². The summed E-state index contributed by atoms with van der Waals surface area (Å²) in [4.78, 5) is 19.2. The van der Waals surface area contributed by atoms with Crippen molar-refractivity contribution in [1.82, 2.24) is 4.90 Å². The maximum Gasteiger partial charge on any atom is 0.322 e. The highest BCUT2D eigenvalue weighted by Gasteiger charge is 2.22. The highest BCUT2D eigenvalue weighted by Crippen LogP contribution is 2.25. The summed E-state index contributed by atoms with van der Waals surface area (Å²) in [5.41, 5.74) is 3.21. The van der Waals surface area contributed by atoms with Gasteiger partial charge >= 0.3 is 6.03 Å². The summed E-state index contributed by atoms with van der Waals surface area (Å²) in [6.07, 6.45) is 3.93. The van der Waals surface area contributed by atoms with Gasteiger partial charge in [-0.3, -0.25) is 0 Å². The van der Waals surface area contributed by atoms with Crippen molar-refractivity contribution in [3.8, 4) is 0 Å². The minimum atomic E-state index is -0.0896. The van der Waals surface area contributed by atoms with E-state index in [1.165, 1.54) is 43.7 Å². The third-order valence-electron chi connectivity index (χ3n) is 5.62. The van der Waals surface area contributed by atoms with Crippen LogP contribution in [0.25, 0.3) is 0 Å². The largest absolute Gasteiger partial charge is 0.372 e. The van der Waals surface area contributed by atoms with Crippen molar-refractivity contribution in [2.24, 2.45) is 0 Å². The molecule has 2 fully saturated rings. The van der Waals surface area contributed by atoms with E-state index in [-0.39, 0.29) is 6.03 Å². The molecule has 28 heavy (non-hydrogen) atoms. The average Bonchev–Trinajstić information content (AvgIpc) is 2.76. The molecule has 0 atom stereocenters. The normalized spacial score (nSPS) is 17.5. The van der Waals surface area contributed by atoms with E-state index in [9.17, 15) is 4.79 Å². The maximum atomic E-state index is 12.5. The lowest BCUT2D eigenvalue weighted by Gasteiger charge is -2.36. The number of hydrogen-bond donors (Lipinski definition) is 1. The lowest BCUT2D eigenvalue weighted by Crippen LogP contribution is -2.50. The first-order chi connectivity index (χ1) is 13.7. The van der Waals surface area contributed by atoms with E-state index >= 15 is 0 Å². The van der Waals surface area contributed by atoms with Crippen LogP contribution in [0.1, 0.15) is 19.3 Å². The number of halogens is 1. The number of anilines is 3. The molecule has 2 saturated heterocycles. The van der Waals surface area contributed by atoms with Crippen LogP contribution in [0.15, 0.2) is 48.5 Å². The predicted molar refractivity (Wildman–Crippen MR) is 117 cm³/mol. The second-order valence-electron chi connectivity index (χ2n) is 7.45. The number of piperazine rings is 1. The smallest absolute Gasteiger partial charge is 0.322 e. The standard InChI is InChI=1S/C22H27ClN4O/c23-20-6-2-3-7-21(20)24-22(28)27-16-14-26(15-17-27)19-10-8-18(9-11-19)25-12-4-1-5-13-25/h2-3,6-11H,1,4-5,12-17H2,(H,24,28). The first kappa shape index (κ1) is 18.9. The van der Waals surface area contributed by atoms with Gasteiger partial charge in [0.05, 0.1) is 10.7 Å². The van der Waals surface area contributed by atoms with Gasteiger partial charge in [-0.2, -0.15) is 0 Å². The molecule has 0 unspecified atom stereocenters. The van der Waals surface area contributed by atoms with Crippen LogP contribution in [0.4, 0.5) is 21.9 Å². The van der Waals surface area contributed by atoms with E-state index in [0.29, 0.717) is 23.8 Å². The van der Waals surface area contributed by atoms with E-state index in [2.05, 4.69) is 39.4 Å². The highest BCUT2D eigenvalue weighted by molar-refractivity contribution is 6.33. The number of piperidine rings is 1. The van der Waals surface area contributed by atoms with E-state index in [1.807, 2.05) is 23.1 Å². The number of benzene rings is 2. The predicted octanol–water partition coefficient (Wildman–Crippen LogP) is 4.68. The van der Waals surface area contributed by atoms with Gasteiger partial charge in [0.15, 0.2) is 0 Å². The van der Waals surface area contributed by atoms with Gasteiger partial charge in [0, 0.05) is 50.6 Å². The van der Waals surface area contributed by atoms with Crippen LogP contribution in [0.5, 0.6) is 0 Å². The van der Waals surface area contributed by atoms with Gasteiger partial charge in [-0.05, 0) is 55.7 Å². The number of nitrogens with zero attached hydrogens (tertiary/aromatic N) is 3. The van der Waals surface area contributed by atoms with Gasteiger partial charge in [-0.25, -0.2) is 4.79 Å². The average molecular weight is 399 g/mol. The molecule has 0 radical (unpaired) electrons. The first-order valence-corrected chi connectivity index (χ1v) is 10.5. The number of amides is 2. The Hall–Kier alpha value is -2.40. The molecule has 2 aliphatic rings. The Labute approximate surface area is 171 Å². The Morgan fingerprint density at radius 2 is 1.32 bits per heavy atom. The van der Waals surface area contributed by atoms with Crippen LogP contribution in [0, 0.1) is 0 Å². The van der Waals surface area contributed by atoms with Gasteiger partial charge in [0.2, 0.25) is 0 Å². The zero-order valence-corrected chi connectivity index (χ0v) is 16.9. The maximum absolute atomic E-state index is 12.5. The second kappa shape index (κ2) is 8.74. The van der Waals surface area contributed by atoms with E-state index < -0.39 is 0 Å². The topological polar surface area (TPSA) is 38.8 Å². The van der Waals surface area contributed by atoms with Crippen LogP contribution in [-0.2, 0) is 0 Å². The quantitative estimate of drug-likeness (QED) is 0.815. The van der Waals surface area contributed by atoms with Crippen molar-refractivity contribution in [1.29, 1.82) is 0 Å². The fourth-order valence-electron chi connectivity index (χ4n) is 3.95. The molecule has 2 aromatic rings. The van der Waals surface area contributed by atoms with Crippen LogP contribution in [0.2, 0.25) is 5.02 Å². The van der Waals surface area contributed by atoms with Crippen molar-refractivity contribution in [2.45, 2.75) is 19.3 Å². The number of hydrogen-bond acceptors (Lipinski definition) is 3. The van der Waals surface area contributed by atoms with Gasteiger partial charge in [-0.1, -0.05) is 23.7 Å². The molecule has 6 heteroatoms. The Balaban J connectivity index is 1.31. The number of urea groups is 1. The molecule has 1 N–H and O–H groups in total. The Morgan fingerprint density at radius 1 is 0.750 bits per heavy atom. The molecule has 0 bridgehead atoms. The zero-order chi connectivity index (χ0) is 19.3. The van der Waals surface area contributed by atoms with Crippen molar-refractivity contribution < 1.29 is 4.79 Å². The molecule has 2 amide bonds. The molecule has 5 nitrogen and oxygen atoms in total. The molecule has 0 spiro atoms. The van der Waals surface area contributed by atoms with Crippen molar-refractivity contribution in [2.75, 3.05) is 54.4 Å². The number of carbonyl (C=O) groups excluding carboxylic acids is 1. The summed E-state index contributed by atoms with van der Waals surface area (Å²) in [6, 6.07) is 16.1. The van der Waals surface area contributed by atoms with Crippen LogP contribution < -0.4 is 15.1 Å². The number of carbonyl (C=O) groups is 1. The van der Waals surface area contributed by atoms with E-state index in [1.54, 1.807) is 6.07 Å². The third-order valence-corrected chi connectivity index (χ3v) is 5.95. The summed E-state index contributed by atoms with van der Waals surface area (Å²) >= 11 is 6.13. The summed E-state index contributed by atoms with van der Waals surface area (Å²) in [6.45, 7) is 5.39. The summed E-state index contributed by atoms with van der Waals surface area (Å²) in [5.74, 6) is 0. The van der Waals surface area contributed by atoms with Crippen LogP contribution in [-0.4, -0.2) is 50.2 Å². The minimum Gasteiger partial charge on any atom is -0.372 e. The zero-order valence-electron chi connectivity index (χ0n) is 16.1. The Morgan fingerprint density at radius 3 is 1.93 bits per heavy atom. The second-order valence-corrected chi connectivity index (χ2v) is 7.86. The van der Waals surface area contributed by atoms with Gasteiger partial charge < -0.3 is 20.0 Å². The van der Waals surface area contributed by atoms with E-state index in [4.69, 9.17) is 11.6 Å². The van der Waals surface area contributed by atoms with Crippen molar-refractivity contribution in [3.63, 3.8) is 0 Å². The van der Waals surface area contributed by atoms with Gasteiger partial charge in [0.1, 0.15) is 0 Å². The van der Waals surface area contributed by atoms with Gasteiger partial charge in [0.25, 0.3) is 0 Å². The number of para-hydroxylation sites is 1. The van der Waals surface area contributed by atoms with Crippen molar-refractivity contribution >= 4 is 34.7 Å². The highest BCUT2D eigenvalue weighted by atomic mass is 35.5. The Kier molecular flexibility index (Phi) is 5.91. The monoisotopic (exact) mass is 398 g/mol. The molecule has 2 aromatic carbocycles. The molecular weight excluding hydrogens is 372 g/mol. The molecule has 2 aliphatic heterocycles. The number of nitrogens with one attached hydrogen (secondary N) is 1.